The molecule has 0 radical (unpaired) electrons. The van der Waals surface area contributed by atoms with Gasteiger partial charge in [-0.25, -0.2) is 0 Å². The van der Waals surface area contributed by atoms with Gasteiger partial charge in [0.1, 0.15) is 18.1 Å². The molecule has 46 heavy (non-hydrogen) atoms. The first-order valence-electron chi connectivity index (χ1n) is 16.1. The Labute approximate surface area is 274 Å². The number of aldehydes is 1. The number of amides is 2. The maximum Gasteiger partial charge on any atom is 0.259 e. The fourth-order valence-corrected chi connectivity index (χ4v) is 7.42. The van der Waals surface area contributed by atoms with Crippen LogP contribution >= 0.6 is 11.6 Å². The van der Waals surface area contributed by atoms with E-state index < -0.39 is 0 Å². The van der Waals surface area contributed by atoms with Crippen LogP contribution in [0.2, 0.25) is 5.02 Å². The summed E-state index contributed by atoms with van der Waals surface area (Å²) < 4.78 is 23.2. The number of likely N-dealkylation sites (tertiary alicyclic amines) is 2. The van der Waals surface area contributed by atoms with Gasteiger partial charge in [-0.15, -0.1) is 0 Å². The molecule has 1 aromatic heterocycles. The number of benzene rings is 2. The molecule has 2 aromatic carbocycles. The van der Waals surface area contributed by atoms with Crippen LogP contribution in [0.5, 0.6) is 0 Å². The van der Waals surface area contributed by atoms with E-state index in [4.69, 9.17) is 30.2 Å². The molecule has 6 rings (SSSR count). The van der Waals surface area contributed by atoms with Gasteiger partial charge in [0.15, 0.2) is 0 Å². The summed E-state index contributed by atoms with van der Waals surface area (Å²) in [5.41, 5.74) is 2.27. The minimum absolute atomic E-state index is 0.00395. The van der Waals surface area contributed by atoms with Crippen LogP contribution in [0.4, 0.5) is 5.69 Å². The predicted octanol–water partition coefficient (Wildman–Crippen LogP) is 4.97. The van der Waals surface area contributed by atoms with Gasteiger partial charge >= 0.3 is 0 Å². The molecule has 11 heteroatoms. The lowest BCUT2D eigenvalue weighted by Crippen LogP contribution is -2.41. The fraction of sp³-hybridized carbons (Fsp3) is 0.514. The Morgan fingerprint density at radius 2 is 1.76 bits per heavy atom. The predicted molar refractivity (Wildman–Crippen MR) is 174 cm³/mol. The number of fused-ring (bicyclic) bond motifs is 1. The molecule has 10 nitrogen and oxygen atoms in total. The smallest absolute Gasteiger partial charge is 0.259 e. The summed E-state index contributed by atoms with van der Waals surface area (Å²) >= 11 is 6.61. The Morgan fingerprint density at radius 3 is 2.46 bits per heavy atom. The lowest BCUT2D eigenvalue weighted by molar-refractivity contribution is -0.133. The Kier molecular flexibility index (Phi) is 10.4. The van der Waals surface area contributed by atoms with Gasteiger partial charge in [0.05, 0.1) is 53.7 Å². The fourth-order valence-electron chi connectivity index (χ4n) is 7.17. The van der Waals surface area contributed by atoms with E-state index in [-0.39, 0.29) is 54.5 Å². The molecule has 2 amide bonds. The number of furan rings is 1. The second-order valence-corrected chi connectivity index (χ2v) is 13.1. The maximum absolute atomic E-state index is 13.9. The SMILES string of the molecule is CO[C@H]1CN([C@H]2C[C@@H](COC3CCC(C=O)CC3)N(C(=O)Cc3ccc(NC(=O)c4coc5ccccc45)c(Cl)c3)C2)C[C@H]1OC. The van der Waals surface area contributed by atoms with Gasteiger partial charge in [0, 0.05) is 51.2 Å². The van der Waals surface area contributed by atoms with Crippen molar-refractivity contribution in [2.45, 2.75) is 68.9 Å². The number of rotatable bonds is 11. The summed E-state index contributed by atoms with van der Waals surface area (Å²) in [7, 11) is 3.42. The zero-order chi connectivity index (χ0) is 32.2. The van der Waals surface area contributed by atoms with Gasteiger partial charge in [-0.3, -0.25) is 14.5 Å². The molecule has 1 aliphatic carbocycles. The first-order chi connectivity index (χ1) is 22.4. The van der Waals surface area contributed by atoms with Crippen molar-refractivity contribution in [3.05, 3.63) is 64.9 Å². The van der Waals surface area contributed by atoms with Crippen molar-refractivity contribution < 1.29 is 33.0 Å². The van der Waals surface area contributed by atoms with Crippen LogP contribution in [0.3, 0.4) is 0 Å². The second-order valence-electron chi connectivity index (χ2n) is 12.7. The van der Waals surface area contributed by atoms with Crippen LogP contribution < -0.4 is 5.32 Å². The Balaban J connectivity index is 1.11. The normalized spacial score (nSPS) is 26.9. The molecule has 3 aromatic rings. The number of methoxy groups -OCH3 is 2. The van der Waals surface area contributed by atoms with Gasteiger partial charge < -0.3 is 33.6 Å². The van der Waals surface area contributed by atoms with E-state index in [0.717, 1.165) is 62.4 Å². The van der Waals surface area contributed by atoms with Crippen molar-refractivity contribution in [3.63, 3.8) is 0 Å². The molecule has 0 spiro atoms. The molecule has 3 aliphatic rings. The molecule has 4 atom stereocenters. The number of nitrogens with one attached hydrogen (secondary N) is 1. The quantitative estimate of drug-likeness (QED) is 0.290. The minimum Gasteiger partial charge on any atom is -0.463 e. The monoisotopic (exact) mass is 651 g/mol. The van der Waals surface area contributed by atoms with Crippen molar-refractivity contribution in [1.82, 2.24) is 9.80 Å². The lowest BCUT2D eigenvalue weighted by Gasteiger charge is -2.29. The third-order valence-electron chi connectivity index (χ3n) is 9.88. The average Bonchev–Trinajstić information content (AvgIpc) is 3.82. The van der Waals surface area contributed by atoms with E-state index in [1.807, 2.05) is 35.2 Å². The van der Waals surface area contributed by atoms with Gasteiger partial charge in [0.25, 0.3) is 5.91 Å². The van der Waals surface area contributed by atoms with Crippen LogP contribution in [-0.4, -0.2) is 98.8 Å². The summed E-state index contributed by atoms with van der Waals surface area (Å²) in [6.07, 6.45) is 7.00. The average molecular weight is 652 g/mol. The number of hydrogen-bond acceptors (Lipinski definition) is 8. The third kappa shape index (κ3) is 7.16. The molecule has 1 saturated carbocycles. The van der Waals surface area contributed by atoms with E-state index in [1.165, 1.54) is 6.26 Å². The largest absolute Gasteiger partial charge is 0.463 e. The molecule has 1 N–H and O–H groups in total. The van der Waals surface area contributed by atoms with Crippen LogP contribution in [-0.2, 0) is 30.2 Å². The molecular weight excluding hydrogens is 610 g/mol. The molecule has 3 fully saturated rings. The van der Waals surface area contributed by atoms with Crippen LogP contribution in [0.25, 0.3) is 11.0 Å². The zero-order valence-corrected chi connectivity index (χ0v) is 27.1. The maximum atomic E-state index is 13.9. The number of hydrogen-bond donors (Lipinski definition) is 1. The number of halogens is 1. The molecule has 3 heterocycles. The highest BCUT2D eigenvalue weighted by Crippen LogP contribution is 2.31. The molecule has 246 valence electrons. The molecule has 0 bridgehead atoms. The van der Waals surface area contributed by atoms with Gasteiger partial charge in [-0.1, -0.05) is 35.9 Å². The van der Waals surface area contributed by atoms with Crippen LogP contribution in [0.15, 0.2) is 53.1 Å². The van der Waals surface area contributed by atoms with Crippen molar-refractivity contribution in [1.29, 1.82) is 0 Å². The van der Waals surface area contributed by atoms with E-state index in [1.54, 1.807) is 26.4 Å². The molecule has 2 saturated heterocycles. The highest BCUT2D eigenvalue weighted by atomic mass is 35.5. The number of anilines is 1. The number of nitrogens with zero attached hydrogens (tertiary/aromatic N) is 2. The lowest BCUT2D eigenvalue weighted by atomic mass is 9.88. The van der Waals surface area contributed by atoms with Gasteiger partial charge in [-0.2, -0.15) is 0 Å². The first-order valence-corrected chi connectivity index (χ1v) is 16.5. The summed E-state index contributed by atoms with van der Waals surface area (Å²) in [6.45, 7) is 2.56. The Bertz CT molecular complexity index is 1530. The topological polar surface area (TPSA) is 111 Å². The van der Waals surface area contributed by atoms with Crippen molar-refractivity contribution >= 4 is 46.4 Å². The number of para-hydroxylation sites is 1. The summed E-state index contributed by atoms with van der Waals surface area (Å²) in [6, 6.07) is 12.7. The standard InChI is InChI=1S/C35H42ClN3O7/c1-43-32-17-38(18-33(32)44-2)24-15-25(20-45-26-10-7-22(19-40)8-11-26)39(16-24)34(41)14-23-9-12-30(29(36)13-23)37-35(42)28-21-46-31-6-4-3-5-27(28)31/h3-6,9,12-13,19,21-22,24-26,32-33H,7-8,10-11,14-18,20H2,1-2H3,(H,37,42)/t22?,24-,25-,26?,32-,33+/m0/s1. The van der Waals surface area contributed by atoms with E-state index in [9.17, 15) is 14.4 Å². The van der Waals surface area contributed by atoms with Crippen molar-refractivity contribution in [2.24, 2.45) is 5.92 Å². The Morgan fingerprint density at radius 1 is 1.02 bits per heavy atom. The van der Waals surface area contributed by atoms with E-state index >= 15 is 0 Å². The second kappa shape index (κ2) is 14.6. The van der Waals surface area contributed by atoms with Gasteiger partial charge in [0.2, 0.25) is 5.91 Å². The van der Waals surface area contributed by atoms with E-state index in [2.05, 4.69) is 10.2 Å². The minimum atomic E-state index is -0.324. The number of carbonyl (C=O) groups excluding carboxylic acids is 3. The first kappa shape index (κ1) is 32.7. The van der Waals surface area contributed by atoms with E-state index in [0.29, 0.717) is 35.0 Å². The summed E-state index contributed by atoms with van der Waals surface area (Å²) in [5, 5.41) is 3.94. The third-order valence-corrected chi connectivity index (χ3v) is 10.2. The van der Waals surface area contributed by atoms with Crippen molar-refractivity contribution in [3.8, 4) is 0 Å². The molecule has 0 unspecified atom stereocenters. The zero-order valence-electron chi connectivity index (χ0n) is 26.4. The molecular formula is C35H42ClN3O7. The number of carbonyl (C=O) groups is 3. The van der Waals surface area contributed by atoms with Crippen LogP contribution in [0, 0.1) is 5.92 Å². The highest BCUT2D eigenvalue weighted by molar-refractivity contribution is 6.34. The Hall–Kier alpha value is -3.28. The number of ether oxygens (including phenoxy) is 3. The molecule has 2 aliphatic heterocycles. The summed E-state index contributed by atoms with van der Waals surface area (Å²) in [5.74, 6) is -0.192. The van der Waals surface area contributed by atoms with Gasteiger partial charge in [-0.05, 0) is 55.9 Å². The highest BCUT2D eigenvalue weighted by Gasteiger charge is 2.43. The summed E-state index contributed by atoms with van der Waals surface area (Å²) in [4.78, 5) is 42.4. The van der Waals surface area contributed by atoms with Crippen molar-refractivity contribution in [2.75, 3.05) is 45.8 Å². The van der Waals surface area contributed by atoms with Crippen LogP contribution in [0.1, 0.15) is 48.0 Å².